The van der Waals surface area contributed by atoms with Crippen molar-refractivity contribution in [2.45, 2.75) is 25.1 Å². The zero-order chi connectivity index (χ0) is 18.6. The van der Waals surface area contributed by atoms with Gasteiger partial charge in [0.1, 0.15) is 30.4 Å². The first-order valence-corrected chi connectivity index (χ1v) is 9.29. The van der Waals surface area contributed by atoms with Crippen molar-refractivity contribution in [2.24, 2.45) is 0 Å². The highest BCUT2D eigenvalue weighted by atomic mass is 19.1. The number of anilines is 1. The molecule has 5 nitrogen and oxygen atoms in total. The summed E-state index contributed by atoms with van der Waals surface area (Å²) in [6, 6.07) is 15.0. The normalized spacial score (nSPS) is 18.2. The Labute approximate surface area is 158 Å². The molecule has 4 rings (SSSR count). The van der Waals surface area contributed by atoms with Crippen molar-refractivity contribution >= 4 is 11.6 Å². The fourth-order valence-electron chi connectivity index (χ4n) is 3.41. The molecule has 2 heterocycles. The van der Waals surface area contributed by atoms with Crippen LogP contribution in [0.5, 0.6) is 11.5 Å². The van der Waals surface area contributed by atoms with Gasteiger partial charge in [-0.3, -0.25) is 9.69 Å². The lowest BCUT2D eigenvalue weighted by Crippen LogP contribution is -2.55. The summed E-state index contributed by atoms with van der Waals surface area (Å²) in [4.78, 5) is 13.4. The van der Waals surface area contributed by atoms with Gasteiger partial charge in [0, 0.05) is 31.7 Å². The molecule has 1 amide bonds. The first-order valence-electron chi connectivity index (χ1n) is 9.29. The van der Waals surface area contributed by atoms with Crippen LogP contribution in [0.3, 0.4) is 0 Å². The van der Waals surface area contributed by atoms with Crippen molar-refractivity contribution in [3.63, 3.8) is 0 Å². The van der Waals surface area contributed by atoms with Crippen molar-refractivity contribution in [3.8, 4) is 11.5 Å². The number of nitrogens with zero attached hydrogens (tertiary/aromatic N) is 1. The molecule has 2 aromatic carbocycles. The summed E-state index contributed by atoms with van der Waals surface area (Å²) in [5.74, 6) is 1.55. The Morgan fingerprint density at radius 1 is 1.11 bits per heavy atom. The predicted octanol–water partition coefficient (Wildman–Crippen LogP) is 3.05. The SMILES string of the molecule is O=C1CCc2cc(OC3CN(CC(F)COc4ccccc4)C3)ccc2N1. The highest BCUT2D eigenvalue weighted by molar-refractivity contribution is 5.93. The van der Waals surface area contributed by atoms with E-state index in [1.54, 1.807) is 0 Å². The van der Waals surface area contributed by atoms with Crippen LogP contribution in [0, 0.1) is 0 Å². The number of halogens is 1. The second kappa shape index (κ2) is 7.96. The van der Waals surface area contributed by atoms with E-state index in [9.17, 15) is 9.18 Å². The number of amides is 1. The molecule has 0 radical (unpaired) electrons. The second-order valence-electron chi connectivity index (χ2n) is 7.05. The summed E-state index contributed by atoms with van der Waals surface area (Å²) in [6.07, 6.45) is 0.290. The lowest BCUT2D eigenvalue weighted by atomic mass is 10.0. The lowest BCUT2D eigenvalue weighted by molar-refractivity contribution is -0.116. The van der Waals surface area contributed by atoms with E-state index in [1.807, 2.05) is 53.4 Å². The number of hydrogen-bond acceptors (Lipinski definition) is 4. The van der Waals surface area contributed by atoms with Crippen molar-refractivity contribution in [3.05, 3.63) is 54.1 Å². The summed E-state index contributed by atoms with van der Waals surface area (Å²) < 4.78 is 25.5. The van der Waals surface area contributed by atoms with E-state index >= 15 is 0 Å². The Kier molecular flexibility index (Phi) is 5.25. The van der Waals surface area contributed by atoms with Gasteiger partial charge in [0.2, 0.25) is 5.91 Å². The standard InChI is InChI=1S/C21H23FN2O3/c22-16(14-26-17-4-2-1-3-5-17)11-24-12-19(13-24)27-18-7-8-20-15(10-18)6-9-21(25)23-20/h1-5,7-8,10,16,19H,6,9,11-14H2,(H,23,25). The van der Waals surface area contributed by atoms with E-state index in [2.05, 4.69) is 5.32 Å². The maximum Gasteiger partial charge on any atom is 0.224 e. The summed E-state index contributed by atoms with van der Waals surface area (Å²) in [5.41, 5.74) is 1.97. The van der Waals surface area contributed by atoms with Gasteiger partial charge in [-0.15, -0.1) is 0 Å². The van der Waals surface area contributed by atoms with E-state index < -0.39 is 6.17 Å². The summed E-state index contributed by atoms with van der Waals surface area (Å²) >= 11 is 0. The minimum absolute atomic E-state index is 0.0581. The first kappa shape index (κ1) is 17.8. The molecule has 2 aliphatic heterocycles. The van der Waals surface area contributed by atoms with Gasteiger partial charge in [0.15, 0.2) is 0 Å². The van der Waals surface area contributed by atoms with Gasteiger partial charge >= 0.3 is 0 Å². The number of carbonyl (C=O) groups excluding carboxylic acids is 1. The van der Waals surface area contributed by atoms with Gasteiger partial charge in [-0.2, -0.15) is 0 Å². The van der Waals surface area contributed by atoms with Gasteiger partial charge in [0.05, 0.1) is 0 Å². The average molecular weight is 370 g/mol. The van der Waals surface area contributed by atoms with Crippen LogP contribution in [0.2, 0.25) is 0 Å². The van der Waals surface area contributed by atoms with Crippen LogP contribution in [-0.2, 0) is 11.2 Å². The molecule has 1 atom stereocenters. The minimum atomic E-state index is -1.03. The van der Waals surface area contributed by atoms with Gasteiger partial charge in [0.25, 0.3) is 0 Å². The summed E-state index contributed by atoms with van der Waals surface area (Å²) in [5, 5.41) is 2.86. The molecule has 0 aromatic heterocycles. The summed E-state index contributed by atoms with van der Waals surface area (Å²) in [7, 11) is 0. The van der Waals surface area contributed by atoms with Crippen molar-refractivity contribution in [1.82, 2.24) is 4.90 Å². The maximum atomic E-state index is 14.1. The number of para-hydroxylation sites is 1. The highest BCUT2D eigenvalue weighted by Crippen LogP contribution is 2.28. The van der Waals surface area contributed by atoms with Crippen LogP contribution >= 0.6 is 0 Å². The molecule has 0 bridgehead atoms. The third-order valence-electron chi connectivity index (χ3n) is 4.83. The Balaban J connectivity index is 1.19. The minimum Gasteiger partial charge on any atom is -0.491 e. The van der Waals surface area contributed by atoms with Gasteiger partial charge in [-0.05, 0) is 42.3 Å². The number of fused-ring (bicyclic) bond motifs is 1. The fraction of sp³-hybridized carbons (Fsp3) is 0.381. The van der Waals surface area contributed by atoms with Crippen LogP contribution in [0.4, 0.5) is 10.1 Å². The van der Waals surface area contributed by atoms with Crippen LogP contribution in [0.1, 0.15) is 12.0 Å². The maximum absolute atomic E-state index is 14.1. The van der Waals surface area contributed by atoms with E-state index in [0.717, 1.165) is 23.4 Å². The molecule has 1 saturated heterocycles. The molecule has 0 spiro atoms. The van der Waals surface area contributed by atoms with Crippen molar-refractivity contribution < 1.29 is 18.7 Å². The molecule has 2 aromatic rings. The Morgan fingerprint density at radius 3 is 2.74 bits per heavy atom. The quantitative estimate of drug-likeness (QED) is 0.814. The molecule has 142 valence electrons. The highest BCUT2D eigenvalue weighted by Gasteiger charge is 2.30. The number of rotatable bonds is 7. The summed E-state index contributed by atoms with van der Waals surface area (Å²) in [6.45, 7) is 1.82. The second-order valence-corrected chi connectivity index (χ2v) is 7.05. The van der Waals surface area contributed by atoms with Crippen LogP contribution in [0.25, 0.3) is 0 Å². The van der Waals surface area contributed by atoms with Crippen LogP contribution in [-0.4, -0.2) is 49.3 Å². The molecular weight excluding hydrogens is 347 g/mol. The smallest absolute Gasteiger partial charge is 0.224 e. The zero-order valence-electron chi connectivity index (χ0n) is 15.1. The third-order valence-corrected chi connectivity index (χ3v) is 4.83. The first-order chi connectivity index (χ1) is 13.2. The molecule has 6 heteroatoms. The number of likely N-dealkylation sites (tertiary alicyclic amines) is 1. The number of carbonyl (C=O) groups is 1. The van der Waals surface area contributed by atoms with Gasteiger partial charge in [-0.1, -0.05) is 18.2 Å². The Hall–Kier alpha value is -2.60. The average Bonchev–Trinajstić information content (AvgIpc) is 2.65. The fourth-order valence-corrected chi connectivity index (χ4v) is 3.41. The Morgan fingerprint density at radius 2 is 1.93 bits per heavy atom. The molecule has 1 unspecified atom stereocenters. The van der Waals surface area contributed by atoms with E-state index in [0.29, 0.717) is 31.8 Å². The molecular formula is C21H23FN2O3. The number of aryl methyl sites for hydroxylation is 1. The predicted molar refractivity (Wildman–Crippen MR) is 101 cm³/mol. The van der Waals surface area contributed by atoms with E-state index in [1.165, 1.54) is 0 Å². The monoisotopic (exact) mass is 370 g/mol. The molecule has 2 aliphatic rings. The molecule has 0 aliphatic carbocycles. The van der Waals surface area contributed by atoms with Gasteiger partial charge in [-0.25, -0.2) is 4.39 Å². The van der Waals surface area contributed by atoms with Crippen LogP contribution < -0.4 is 14.8 Å². The van der Waals surface area contributed by atoms with E-state index in [-0.39, 0.29) is 18.6 Å². The topological polar surface area (TPSA) is 50.8 Å². The van der Waals surface area contributed by atoms with Crippen molar-refractivity contribution in [2.75, 3.05) is 31.6 Å². The number of alkyl halides is 1. The van der Waals surface area contributed by atoms with Crippen LogP contribution in [0.15, 0.2) is 48.5 Å². The van der Waals surface area contributed by atoms with E-state index in [4.69, 9.17) is 9.47 Å². The van der Waals surface area contributed by atoms with Gasteiger partial charge < -0.3 is 14.8 Å². The Bertz CT molecular complexity index is 793. The molecule has 1 fully saturated rings. The van der Waals surface area contributed by atoms with Crippen molar-refractivity contribution in [1.29, 1.82) is 0 Å². The number of benzene rings is 2. The largest absolute Gasteiger partial charge is 0.491 e. The lowest BCUT2D eigenvalue weighted by Gasteiger charge is -2.39. The number of hydrogen-bond donors (Lipinski definition) is 1. The third kappa shape index (κ3) is 4.57. The zero-order valence-corrected chi connectivity index (χ0v) is 15.1. The molecule has 0 saturated carbocycles. The molecule has 1 N–H and O–H groups in total. The number of ether oxygens (including phenoxy) is 2. The number of nitrogens with one attached hydrogen (secondary N) is 1. The molecule has 27 heavy (non-hydrogen) atoms.